The molecule has 0 aliphatic carbocycles. The van der Waals surface area contributed by atoms with Gasteiger partial charge in [0.15, 0.2) is 0 Å². The second-order valence-corrected chi connectivity index (χ2v) is 5.22. The summed E-state index contributed by atoms with van der Waals surface area (Å²) in [7, 11) is 1.74. The van der Waals surface area contributed by atoms with Crippen LogP contribution in [0.15, 0.2) is 18.2 Å². The number of piperazine rings is 1. The molecular formula is C15H24N2O. The van der Waals surface area contributed by atoms with Crippen molar-refractivity contribution in [3.05, 3.63) is 23.8 Å². The van der Waals surface area contributed by atoms with E-state index in [1.54, 1.807) is 7.11 Å². The van der Waals surface area contributed by atoms with Crippen LogP contribution in [-0.2, 0) is 0 Å². The van der Waals surface area contributed by atoms with E-state index in [0.29, 0.717) is 6.04 Å². The fraction of sp³-hybridized carbons (Fsp3) is 0.600. The molecule has 0 aromatic heterocycles. The number of hydrogen-bond acceptors (Lipinski definition) is 3. The number of ether oxygens (including phenoxy) is 1. The third-order valence-corrected chi connectivity index (χ3v) is 3.86. The molecule has 1 heterocycles. The summed E-state index contributed by atoms with van der Waals surface area (Å²) < 4.78 is 5.40. The van der Waals surface area contributed by atoms with Gasteiger partial charge in [0, 0.05) is 43.5 Å². The molecular weight excluding hydrogens is 224 g/mol. The average molecular weight is 248 g/mol. The van der Waals surface area contributed by atoms with Gasteiger partial charge in [-0.2, -0.15) is 0 Å². The van der Waals surface area contributed by atoms with Crippen LogP contribution in [0.5, 0.6) is 5.75 Å². The molecule has 1 aromatic rings. The van der Waals surface area contributed by atoms with Gasteiger partial charge in [-0.3, -0.25) is 4.90 Å². The average Bonchev–Trinajstić information content (AvgIpc) is 2.39. The minimum absolute atomic E-state index is 0.651. The van der Waals surface area contributed by atoms with Crippen molar-refractivity contribution < 1.29 is 4.74 Å². The highest BCUT2D eigenvalue weighted by Crippen LogP contribution is 2.29. The molecule has 1 aliphatic rings. The predicted octanol–water partition coefficient (Wildman–Crippen LogP) is 2.53. The number of nitrogens with zero attached hydrogens (tertiary/aromatic N) is 2. The molecule has 1 aromatic carbocycles. The Morgan fingerprint density at radius 1 is 1.11 bits per heavy atom. The Kier molecular flexibility index (Phi) is 4.12. The number of methoxy groups -OCH3 is 1. The highest BCUT2D eigenvalue weighted by Gasteiger charge is 2.20. The molecule has 2 rings (SSSR count). The van der Waals surface area contributed by atoms with Gasteiger partial charge in [0.2, 0.25) is 0 Å². The first-order chi connectivity index (χ1) is 8.63. The largest absolute Gasteiger partial charge is 0.496 e. The van der Waals surface area contributed by atoms with Crippen LogP contribution in [0.25, 0.3) is 0 Å². The maximum absolute atomic E-state index is 5.40. The van der Waals surface area contributed by atoms with E-state index in [2.05, 4.69) is 42.7 Å². The maximum Gasteiger partial charge on any atom is 0.123 e. The van der Waals surface area contributed by atoms with Crippen LogP contribution >= 0.6 is 0 Å². The summed E-state index contributed by atoms with van der Waals surface area (Å²) in [4.78, 5) is 5.00. The Hall–Kier alpha value is -1.22. The summed E-state index contributed by atoms with van der Waals surface area (Å²) >= 11 is 0. The quantitative estimate of drug-likeness (QED) is 0.817. The molecule has 100 valence electrons. The van der Waals surface area contributed by atoms with Crippen LogP contribution in [0.2, 0.25) is 0 Å². The van der Waals surface area contributed by atoms with E-state index < -0.39 is 0 Å². The summed E-state index contributed by atoms with van der Waals surface area (Å²) in [5, 5.41) is 0. The Labute approximate surface area is 110 Å². The van der Waals surface area contributed by atoms with Crippen molar-refractivity contribution in [1.82, 2.24) is 4.90 Å². The van der Waals surface area contributed by atoms with E-state index in [0.717, 1.165) is 31.9 Å². The second kappa shape index (κ2) is 5.61. The fourth-order valence-electron chi connectivity index (χ4n) is 2.65. The van der Waals surface area contributed by atoms with Crippen molar-refractivity contribution >= 4 is 5.69 Å². The fourth-order valence-corrected chi connectivity index (χ4v) is 2.65. The van der Waals surface area contributed by atoms with Gasteiger partial charge in [0.05, 0.1) is 7.11 Å². The lowest BCUT2D eigenvalue weighted by Gasteiger charge is -2.38. The lowest BCUT2D eigenvalue weighted by molar-refractivity contribution is 0.209. The summed E-state index contributed by atoms with van der Waals surface area (Å²) in [6.45, 7) is 11.2. The summed E-state index contributed by atoms with van der Waals surface area (Å²) in [5.41, 5.74) is 2.57. The Morgan fingerprint density at radius 2 is 1.78 bits per heavy atom. The summed E-state index contributed by atoms with van der Waals surface area (Å²) in [6.07, 6.45) is 0. The van der Waals surface area contributed by atoms with E-state index in [-0.39, 0.29) is 0 Å². The van der Waals surface area contributed by atoms with Gasteiger partial charge in [0.25, 0.3) is 0 Å². The van der Waals surface area contributed by atoms with Crippen molar-refractivity contribution in [2.24, 2.45) is 0 Å². The molecule has 0 spiro atoms. The molecule has 1 fully saturated rings. The van der Waals surface area contributed by atoms with Crippen LogP contribution in [0, 0.1) is 6.92 Å². The van der Waals surface area contributed by atoms with Gasteiger partial charge in [0.1, 0.15) is 5.75 Å². The number of rotatable bonds is 3. The Balaban J connectivity index is 2.10. The molecule has 1 aliphatic heterocycles. The van der Waals surface area contributed by atoms with Gasteiger partial charge in [-0.05, 0) is 32.9 Å². The summed E-state index contributed by atoms with van der Waals surface area (Å²) in [6, 6.07) is 6.96. The van der Waals surface area contributed by atoms with Gasteiger partial charge >= 0.3 is 0 Å². The molecule has 0 unspecified atom stereocenters. The standard InChI is InChI=1S/C15H24N2O/c1-12(2)16-8-10-17(11-9-16)14-6-5-7-15(18-4)13(14)3/h5-7,12H,8-11H2,1-4H3. The zero-order valence-corrected chi connectivity index (χ0v) is 11.9. The Morgan fingerprint density at radius 3 is 2.33 bits per heavy atom. The highest BCUT2D eigenvalue weighted by atomic mass is 16.5. The van der Waals surface area contributed by atoms with Crippen molar-refractivity contribution in [3.8, 4) is 5.75 Å². The van der Waals surface area contributed by atoms with E-state index in [4.69, 9.17) is 4.74 Å². The molecule has 0 radical (unpaired) electrons. The van der Waals surface area contributed by atoms with Crippen molar-refractivity contribution in [1.29, 1.82) is 0 Å². The first kappa shape index (κ1) is 13.2. The third-order valence-electron chi connectivity index (χ3n) is 3.86. The molecule has 0 bridgehead atoms. The Bertz CT molecular complexity index is 395. The SMILES string of the molecule is COc1cccc(N2CCN(C(C)C)CC2)c1C. The molecule has 0 atom stereocenters. The van der Waals surface area contributed by atoms with Gasteiger partial charge in [-0.15, -0.1) is 0 Å². The lowest BCUT2D eigenvalue weighted by atomic mass is 10.1. The first-order valence-electron chi connectivity index (χ1n) is 6.76. The maximum atomic E-state index is 5.40. The van der Waals surface area contributed by atoms with E-state index in [1.165, 1.54) is 11.3 Å². The summed E-state index contributed by atoms with van der Waals surface area (Å²) in [5.74, 6) is 0.985. The van der Waals surface area contributed by atoms with E-state index >= 15 is 0 Å². The first-order valence-corrected chi connectivity index (χ1v) is 6.76. The third kappa shape index (κ3) is 2.61. The van der Waals surface area contributed by atoms with E-state index in [1.807, 2.05) is 6.07 Å². The van der Waals surface area contributed by atoms with Crippen LogP contribution in [0.1, 0.15) is 19.4 Å². The van der Waals surface area contributed by atoms with Crippen LogP contribution in [-0.4, -0.2) is 44.2 Å². The van der Waals surface area contributed by atoms with Crippen LogP contribution in [0.4, 0.5) is 5.69 Å². The number of anilines is 1. The number of benzene rings is 1. The molecule has 0 amide bonds. The van der Waals surface area contributed by atoms with Crippen LogP contribution in [0.3, 0.4) is 0 Å². The smallest absolute Gasteiger partial charge is 0.123 e. The van der Waals surface area contributed by atoms with Crippen LogP contribution < -0.4 is 9.64 Å². The zero-order chi connectivity index (χ0) is 13.1. The van der Waals surface area contributed by atoms with Gasteiger partial charge < -0.3 is 9.64 Å². The molecule has 1 saturated heterocycles. The monoisotopic (exact) mass is 248 g/mol. The topological polar surface area (TPSA) is 15.7 Å². The highest BCUT2D eigenvalue weighted by molar-refractivity contribution is 5.59. The normalized spacial score (nSPS) is 17.3. The van der Waals surface area contributed by atoms with Crippen molar-refractivity contribution in [2.75, 3.05) is 38.2 Å². The van der Waals surface area contributed by atoms with Gasteiger partial charge in [-0.25, -0.2) is 0 Å². The second-order valence-electron chi connectivity index (χ2n) is 5.22. The molecule has 18 heavy (non-hydrogen) atoms. The molecule has 0 N–H and O–H groups in total. The van der Waals surface area contributed by atoms with E-state index in [9.17, 15) is 0 Å². The predicted molar refractivity (Wildman–Crippen MR) is 76.7 cm³/mol. The number of hydrogen-bond donors (Lipinski definition) is 0. The minimum atomic E-state index is 0.651. The zero-order valence-electron chi connectivity index (χ0n) is 11.9. The van der Waals surface area contributed by atoms with Gasteiger partial charge in [-0.1, -0.05) is 6.07 Å². The minimum Gasteiger partial charge on any atom is -0.496 e. The lowest BCUT2D eigenvalue weighted by Crippen LogP contribution is -2.49. The molecule has 3 nitrogen and oxygen atoms in total. The molecule has 0 saturated carbocycles. The van der Waals surface area contributed by atoms with Crippen molar-refractivity contribution in [2.45, 2.75) is 26.8 Å². The van der Waals surface area contributed by atoms with Crippen molar-refractivity contribution in [3.63, 3.8) is 0 Å². The molecule has 3 heteroatoms.